The van der Waals surface area contributed by atoms with E-state index in [0.717, 1.165) is 20.8 Å². The van der Waals surface area contributed by atoms with E-state index in [2.05, 4.69) is 5.73 Å². The lowest BCUT2D eigenvalue weighted by Crippen LogP contribution is -2.10. The Hall–Kier alpha value is -2.16. The van der Waals surface area contributed by atoms with Gasteiger partial charge in [-0.1, -0.05) is 0 Å². The van der Waals surface area contributed by atoms with E-state index < -0.39 is 23.9 Å². The van der Waals surface area contributed by atoms with Crippen molar-refractivity contribution in [3.63, 3.8) is 0 Å². The Morgan fingerprint density at radius 2 is 0.824 bits per heavy atom. The van der Waals surface area contributed by atoms with Gasteiger partial charge < -0.3 is 26.2 Å². The third-order valence-corrected chi connectivity index (χ3v) is 0.175. The summed E-state index contributed by atoms with van der Waals surface area (Å²) in [6.07, 6.45) is 0. The average Bonchev–Trinajstić information content (AvgIpc) is 2.00. The molecule has 0 atom stereocenters. The zero-order chi connectivity index (χ0) is 15.0. The van der Waals surface area contributed by atoms with E-state index >= 15 is 0 Å². The number of rotatable bonds is 1. The van der Waals surface area contributed by atoms with E-state index in [9.17, 15) is 4.79 Å². The van der Waals surface area contributed by atoms with Crippen LogP contribution in [0.25, 0.3) is 0 Å². The zero-order valence-electron chi connectivity index (χ0n) is 9.71. The molecule has 6 N–H and O–H groups in total. The fourth-order valence-electron chi connectivity index (χ4n) is 0. The topological polar surface area (TPSA) is 175 Å². The summed E-state index contributed by atoms with van der Waals surface area (Å²) in [7, 11) is 0. The lowest BCUT2D eigenvalue weighted by Gasteiger charge is -1.73. The molecule has 9 heteroatoms. The Labute approximate surface area is 97.5 Å². The lowest BCUT2D eigenvalue weighted by atomic mass is 10.7. The maximum Gasteiger partial charge on any atom is 0.317 e. The van der Waals surface area contributed by atoms with Crippen LogP contribution < -0.4 is 5.73 Å². The van der Waals surface area contributed by atoms with Crippen LogP contribution in [0.5, 0.6) is 0 Å². The molecule has 0 aromatic rings. The molecule has 0 rings (SSSR count). The van der Waals surface area contributed by atoms with Crippen LogP contribution >= 0.6 is 0 Å². The summed E-state index contributed by atoms with van der Waals surface area (Å²) >= 11 is 0. The molecule has 0 amide bonds. The van der Waals surface area contributed by atoms with Gasteiger partial charge in [0.25, 0.3) is 17.9 Å². The summed E-state index contributed by atoms with van der Waals surface area (Å²) < 4.78 is 0. The number of hydrogen-bond acceptors (Lipinski definition) is 5. The molecule has 9 nitrogen and oxygen atoms in total. The zero-order valence-corrected chi connectivity index (χ0v) is 9.71. The number of hydrogen-bond donors (Lipinski definition) is 5. The van der Waals surface area contributed by atoms with Gasteiger partial charge in [-0.3, -0.25) is 19.2 Å². The number of carboxylic acids is 4. The Bertz CT molecular complexity index is 197. The summed E-state index contributed by atoms with van der Waals surface area (Å²) in [5.41, 5.74) is 4.57. The second-order valence-corrected chi connectivity index (χ2v) is 2.15. The fraction of sp³-hybridized carbons (Fsp3) is 0.500. The van der Waals surface area contributed by atoms with Crippen LogP contribution in [0.15, 0.2) is 0 Å². The van der Waals surface area contributed by atoms with Crippen molar-refractivity contribution in [3.8, 4) is 0 Å². The second kappa shape index (κ2) is 19.4. The van der Waals surface area contributed by atoms with Gasteiger partial charge in [0.05, 0.1) is 6.54 Å². The predicted octanol–water partition coefficient (Wildman–Crippen LogP) is -0.698. The first-order chi connectivity index (χ1) is 7.47. The van der Waals surface area contributed by atoms with Gasteiger partial charge in [0, 0.05) is 20.8 Å². The van der Waals surface area contributed by atoms with Crippen molar-refractivity contribution in [2.24, 2.45) is 5.73 Å². The molecular formula is C8H17NO8. The van der Waals surface area contributed by atoms with E-state index in [1.807, 2.05) is 0 Å². The van der Waals surface area contributed by atoms with E-state index in [1.165, 1.54) is 0 Å². The van der Waals surface area contributed by atoms with Gasteiger partial charge in [0.1, 0.15) is 0 Å². The Morgan fingerprint density at radius 3 is 0.824 bits per heavy atom. The summed E-state index contributed by atoms with van der Waals surface area (Å²) in [5.74, 6) is -3.47. The molecule has 102 valence electrons. The molecule has 0 aliphatic carbocycles. The van der Waals surface area contributed by atoms with Crippen molar-refractivity contribution in [2.45, 2.75) is 20.8 Å². The third kappa shape index (κ3) is 75800. The summed E-state index contributed by atoms with van der Waals surface area (Å²) in [5, 5.41) is 29.8. The highest BCUT2D eigenvalue weighted by atomic mass is 16.4. The van der Waals surface area contributed by atoms with Gasteiger partial charge in [-0.25, -0.2) is 0 Å². The second-order valence-electron chi connectivity index (χ2n) is 2.15. The average molecular weight is 255 g/mol. The fourth-order valence-corrected chi connectivity index (χ4v) is 0. The minimum absolute atomic E-state index is 0.278. The van der Waals surface area contributed by atoms with Crippen LogP contribution in [-0.2, 0) is 19.2 Å². The molecule has 0 bridgehead atoms. The quantitative estimate of drug-likeness (QED) is 0.405. The monoisotopic (exact) mass is 255 g/mol. The first-order valence-electron chi connectivity index (χ1n) is 3.97. The standard InChI is InChI=1S/C2H5NO2.3C2H4O2/c3-1-2(4)5;3*1-2(3)4/h1,3H2,(H,4,5);3*1H3,(H,3,4). The van der Waals surface area contributed by atoms with Crippen molar-refractivity contribution < 1.29 is 39.6 Å². The van der Waals surface area contributed by atoms with Crippen molar-refractivity contribution in [1.29, 1.82) is 0 Å². The van der Waals surface area contributed by atoms with Gasteiger partial charge in [0.15, 0.2) is 0 Å². The van der Waals surface area contributed by atoms with Gasteiger partial charge in [0.2, 0.25) is 0 Å². The van der Waals surface area contributed by atoms with E-state index in [-0.39, 0.29) is 6.54 Å². The number of nitrogens with two attached hydrogens (primary N) is 1. The van der Waals surface area contributed by atoms with Crippen molar-refractivity contribution in [3.05, 3.63) is 0 Å². The number of aliphatic carboxylic acids is 4. The number of carboxylic acid groups (broad SMARTS) is 4. The predicted molar refractivity (Wildman–Crippen MR) is 56.6 cm³/mol. The maximum absolute atomic E-state index is 9.24. The molecule has 0 unspecified atom stereocenters. The van der Waals surface area contributed by atoms with Crippen LogP contribution in [0.2, 0.25) is 0 Å². The minimum Gasteiger partial charge on any atom is -0.481 e. The summed E-state index contributed by atoms with van der Waals surface area (Å²) in [6.45, 7) is 2.97. The SMILES string of the molecule is CC(=O)O.CC(=O)O.CC(=O)O.NCC(=O)O. The first-order valence-corrected chi connectivity index (χ1v) is 3.97. The van der Waals surface area contributed by atoms with Crippen molar-refractivity contribution in [2.75, 3.05) is 6.54 Å². The van der Waals surface area contributed by atoms with E-state index in [1.54, 1.807) is 0 Å². The van der Waals surface area contributed by atoms with Crippen LogP contribution in [0.3, 0.4) is 0 Å². The molecular weight excluding hydrogens is 238 g/mol. The van der Waals surface area contributed by atoms with Crippen LogP contribution in [-0.4, -0.2) is 50.8 Å². The molecule has 0 spiro atoms. The molecule has 0 radical (unpaired) electrons. The first kappa shape index (κ1) is 24.2. The Balaban J connectivity index is -0.0000000667. The number of carbonyl (C=O) groups is 4. The lowest BCUT2D eigenvalue weighted by molar-refractivity contribution is -0.136. The van der Waals surface area contributed by atoms with Crippen molar-refractivity contribution in [1.82, 2.24) is 0 Å². The third-order valence-electron chi connectivity index (χ3n) is 0.175. The van der Waals surface area contributed by atoms with Gasteiger partial charge in [-0.2, -0.15) is 0 Å². The smallest absolute Gasteiger partial charge is 0.317 e. The summed E-state index contributed by atoms with van der Waals surface area (Å²) in [6, 6.07) is 0. The molecule has 0 aliphatic rings. The normalized spacial score (nSPS) is 6.59. The minimum atomic E-state index is -0.968. The highest BCUT2D eigenvalue weighted by Gasteiger charge is 1.81. The molecule has 0 aliphatic heterocycles. The van der Waals surface area contributed by atoms with Gasteiger partial charge >= 0.3 is 5.97 Å². The molecule has 0 heterocycles. The van der Waals surface area contributed by atoms with Crippen LogP contribution in [0.4, 0.5) is 0 Å². The van der Waals surface area contributed by atoms with Gasteiger partial charge in [-0.15, -0.1) is 0 Å². The molecule has 0 aromatic carbocycles. The molecule has 0 saturated heterocycles. The highest BCUT2D eigenvalue weighted by Crippen LogP contribution is 1.44. The van der Waals surface area contributed by atoms with Gasteiger partial charge in [-0.05, 0) is 0 Å². The molecule has 0 saturated carbocycles. The Morgan fingerprint density at radius 1 is 0.765 bits per heavy atom. The largest absolute Gasteiger partial charge is 0.481 e. The highest BCUT2D eigenvalue weighted by molar-refractivity contribution is 5.68. The molecule has 0 aromatic heterocycles. The van der Waals surface area contributed by atoms with Crippen molar-refractivity contribution >= 4 is 23.9 Å². The van der Waals surface area contributed by atoms with E-state index in [0.29, 0.717) is 0 Å². The molecule has 17 heavy (non-hydrogen) atoms. The maximum atomic E-state index is 9.24. The summed E-state index contributed by atoms with van der Waals surface area (Å²) in [4.78, 5) is 36.2. The van der Waals surface area contributed by atoms with Crippen LogP contribution in [0.1, 0.15) is 20.8 Å². The molecule has 0 fully saturated rings. The Kier molecular flexibility index (Phi) is 27.6. The van der Waals surface area contributed by atoms with E-state index in [4.69, 9.17) is 34.8 Å². The van der Waals surface area contributed by atoms with Crippen LogP contribution in [0, 0.1) is 0 Å².